The van der Waals surface area contributed by atoms with Crippen LogP contribution in [0, 0.1) is 0 Å². The number of hydrogen-bond acceptors (Lipinski definition) is 2. The molecule has 0 radical (unpaired) electrons. The summed E-state index contributed by atoms with van der Waals surface area (Å²) in [5.74, 6) is 0. The van der Waals surface area contributed by atoms with Crippen LogP contribution in [0.15, 0.2) is 48.5 Å². The van der Waals surface area contributed by atoms with Gasteiger partial charge in [-0.1, -0.05) is 42.8 Å². The Hall–Kier alpha value is -0.990. The van der Waals surface area contributed by atoms with Gasteiger partial charge in [-0.3, -0.25) is 0 Å². The SMILES string of the molecule is C1=C(c2ccc(-c3ccccc3)s2)CC2CCCC1S2. The summed E-state index contributed by atoms with van der Waals surface area (Å²) >= 11 is 4.16. The second-order valence-corrected chi connectivity index (χ2v) is 8.28. The van der Waals surface area contributed by atoms with Gasteiger partial charge in [0.25, 0.3) is 0 Å². The molecule has 0 saturated carbocycles. The monoisotopic (exact) mass is 298 g/mol. The van der Waals surface area contributed by atoms with E-state index in [1.54, 1.807) is 5.57 Å². The van der Waals surface area contributed by atoms with Gasteiger partial charge in [0, 0.05) is 20.3 Å². The van der Waals surface area contributed by atoms with Crippen molar-refractivity contribution in [1.29, 1.82) is 0 Å². The molecule has 1 aromatic carbocycles. The van der Waals surface area contributed by atoms with Gasteiger partial charge in [0.15, 0.2) is 0 Å². The van der Waals surface area contributed by atoms with Crippen LogP contribution in [-0.4, -0.2) is 10.5 Å². The number of rotatable bonds is 2. The fraction of sp³-hybridized carbons (Fsp3) is 0.333. The summed E-state index contributed by atoms with van der Waals surface area (Å²) in [6.07, 6.45) is 8.03. The third kappa shape index (κ3) is 2.47. The van der Waals surface area contributed by atoms with Crippen LogP contribution in [-0.2, 0) is 0 Å². The van der Waals surface area contributed by atoms with Gasteiger partial charge in [0.2, 0.25) is 0 Å². The number of thioether (sulfide) groups is 1. The maximum atomic E-state index is 2.54. The van der Waals surface area contributed by atoms with E-state index in [2.05, 4.69) is 60.3 Å². The van der Waals surface area contributed by atoms with E-state index in [0.717, 1.165) is 10.5 Å². The van der Waals surface area contributed by atoms with Gasteiger partial charge in [0.1, 0.15) is 0 Å². The predicted molar refractivity (Wildman–Crippen MR) is 91.4 cm³/mol. The van der Waals surface area contributed by atoms with Crippen LogP contribution in [0.2, 0.25) is 0 Å². The Labute approximate surface area is 128 Å². The van der Waals surface area contributed by atoms with E-state index >= 15 is 0 Å². The number of hydrogen-bond donors (Lipinski definition) is 0. The van der Waals surface area contributed by atoms with E-state index < -0.39 is 0 Å². The Balaban J connectivity index is 1.64. The van der Waals surface area contributed by atoms with E-state index in [-0.39, 0.29) is 0 Å². The fourth-order valence-corrected chi connectivity index (χ4v) is 5.86. The summed E-state index contributed by atoms with van der Waals surface area (Å²) < 4.78 is 0. The summed E-state index contributed by atoms with van der Waals surface area (Å²) in [6.45, 7) is 0. The van der Waals surface area contributed by atoms with E-state index in [1.165, 1.54) is 41.0 Å². The second kappa shape index (κ2) is 5.42. The Morgan fingerprint density at radius 3 is 2.60 bits per heavy atom. The molecule has 3 heterocycles. The van der Waals surface area contributed by atoms with Gasteiger partial charge in [0.05, 0.1) is 0 Å². The first-order valence-corrected chi connectivity index (χ1v) is 9.16. The molecule has 0 amide bonds. The lowest BCUT2D eigenvalue weighted by Crippen LogP contribution is -2.20. The molecule has 2 atom stereocenters. The molecule has 2 aromatic rings. The molecule has 0 aliphatic carbocycles. The van der Waals surface area contributed by atoms with Crippen molar-refractivity contribution in [3.05, 3.63) is 53.4 Å². The minimum atomic E-state index is 0.778. The van der Waals surface area contributed by atoms with E-state index in [0.29, 0.717) is 0 Å². The van der Waals surface area contributed by atoms with Crippen molar-refractivity contribution < 1.29 is 0 Å². The van der Waals surface area contributed by atoms with Gasteiger partial charge in [-0.15, -0.1) is 11.3 Å². The molecule has 2 bridgehead atoms. The summed E-state index contributed by atoms with van der Waals surface area (Å²) in [5, 5.41) is 1.65. The summed E-state index contributed by atoms with van der Waals surface area (Å²) in [5.41, 5.74) is 2.94. The topological polar surface area (TPSA) is 0 Å². The standard InChI is InChI=1S/C18H18S2/c1-2-5-13(6-3-1)17-9-10-18(20-17)14-11-15-7-4-8-16(12-14)19-15/h1-3,5-6,9-11,15-16H,4,7-8,12H2. The van der Waals surface area contributed by atoms with E-state index in [4.69, 9.17) is 0 Å². The third-order valence-corrected chi connectivity index (χ3v) is 6.92. The minimum Gasteiger partial charge on any atom is -0.151 e. The Bertz CT molecular complexity index is 624. The minimum absolute atomic E-state index is 0.778. The van der Waals surface area contributed by atoms with Crippen LogP contribution < -0.4 is 0 Å². The highest BCUT2D eigenvalue weighted by Gasteiger charge is 2.27. The zero-order valence-corrected chi connectivity index (χ0v) is 13.1. The average Bonchev–Trinajstić information content (AvgIpc) is 2.97. The number of benzene rings is 1. The third-order valence-electron chi connectivity index (χ3n) is 4.20. The molecule has 0 nitrogen and oxygen atoms in total. The predicted octanol–water partition coefficient (Wildman–Crippen LogP) is 5.86. The largest absolute Gasteiger partial charge is 0.151 e. The molecule has 102 valence electrons. The lowest BCUT2D eigenvalue weighted by molar-refractivity contribution is 0.630. The highest BCUT2D eigenvalue weighted by molar-refractivity contribution is 8.00. The van der Waals surface area contributed by atoms with Crippen molar-refractivity contribution >= 4 is 28.7 Å². The quantitative estimate of drug-likeness (QED) is 0.669. The summed E-state index contributed by atoms with van der Waals surface area (Å²) in [7, 11) is 0. The average molecular weight is 298 g/mol. The van der Waals surface area contributed by atoms with Gasteiger partial charge in [-0.25, -0.2) is 0 Å². The molecule has 20 heavy (non-hydrogen) atoms. The van der Waals surface area contributed by atoms with Gasteiger partial charge in [-0.2, -0.15) is 11.8 Å². The van der Waals surface area contributed by atoms with Crippen molar-refractivity contribution in [3.8, 4) is 10.4 Å². The first-order chi connectivity index (χ1) is 9.88. The Morgan fingerprint density at radius 1 is 0.900 bits per heavy atom. The maximum absolute atomic E-state index is 2.54. The molecule has 2 aliphatic rings. The normalized spacial score (nSPS) is 25.3. The second-order valence-electron chi connectivity index (χ2n) is 5.65. The fourth-order valence-electron chi connectivity index (χ4n) is 3.19. The molecule has 0 spiro atoms. The number of thiophene rings is 1. The Morgan fingerprint density at radius 2 is 1.75 bits per heavy atom. The lowest BCUT2D eigenvalue weighted by Gasteiger charge is -2.32. The first kappa shape index (κ1) is 12.7. The molecule has 1 fully saturated rings. The summed E-state index contributed by atoms with van der Waals surface area (Å²) in [6, 6.07) is 15.3. The van der Waals surface area contributed by atoms with Crippen LogP contribution in [0.4, 0.5) is 0 Å². The lowest BCUT2D eigenvalue weighted by atomic mass is 9.97. The molecule has 2 unspecified atom stereocenters. The van der Waals surface area contributed by atoms with Crippen molar-refractivity contribution in [1.82, 2.24) is 0 Å². The molecule has 2 heteroatoms. The van der Waals surface area contributed by atoms with E-state index in [9.17, 15) is 0 Å². The molecule has 2 aliphatic heterocycles. The smallest absolute Gasteiger partial charge is 0.0349 e. The van der Waals surface area contributed by atoms with Crippen molar-refractivity contribution in [2.75, 3.05) is 0 Å². The number of fused-ring (bicyclic) bond motifs is 2. The van der Waals surface area contributed by atoms with Crippen molar-refractivity contribution in [3.63, 3.8) is 0 Å². The highest BCUT2D eigenvalue weighted by atomic mass is 32.2. The zero-order valence-electron chi connectivity index (χ0n) is 11.4. The molecular weight excluding hydrogens is 280 g/mol. The van der Waals surface area contributed by atoms with Crippen LogP contribution in [0.3, 0.4) is 0 Å². The van der Waals surface area contributed by atoms with Crippen LogP contribution in [0.25, 0.3) is 16.0 Å². The van der Waals surface area contributed by atoms with Crippen LogP contribution >= 0.6 is 23.1 Å². The van der Waals surface area contributed by atoms with Gasteiger partial charge >= 0.3 is 0 Å². The molecule has 1 aromatic heterocycles. The Kier molecular flexibility index (Phi) is 3.45. The van der Waals surface area contributed by atoms with E-state index in [1.807, 2.05) is 11.3 Å². The summed E-state index contributed by atoms with van der Waals surface area (Å²) in [4.78, 5) is 2.88. The maximum Gasteiger partial charge on any atom is 0.0349 e. The van der Waals surface area contributed by atoms with Crippen LogP contribution in [0.5, 0.6) is 0 Å². The van der Waals surface area contributed by atoms with Crippen molar-refractivity contribution in [2.24, 2.45) is 0 Å². The van der Waals surface area contributed by atoms with Crippen LogP contribution in [0.1, 0.15) is 30.6 Å². The molecular formula is C18H18S2. The first-order valence-electron chi connectivity index (χ1n) is 7.40. The van der Waals surface area contributed by atoms with Gasteiger partial charge < -0.3 is 0 Å². The molecule has 4 rings (SSSR count). The number of allylic oxidation sites excluding steroid dienone is 1. The molecule has 0 N–H and O–H groups in total. The zero-order chi connectivity index (χ0) is 13.4. The highest BCUT2D eigenvalue weighted by Crippen LogP contribution is 2.45. The van der Waals surface area contributed by atoms with Crippen molar-refractivity contribution in [2.45, 2.75) is 36.2 Å². The van der Waals surface area contributed by atoms with Gasteiger partial charge in [-0.05, 0) is 42.5 Å². The molecule has 1 saturated heterocycles.